The molecule has 0 radical (unpaired) electrons. The lowest BCUT2D eigenvalue weighted by Gasteiger charge is -2.30. The standard InChI is InChI=1S/C16H30N2O3S.C2HF3O2/c1-3-8-22(19,20)18-7-6-16(13-18)12-17(9-14-4-5-14)10-15(16)11-21-2;3-2(4,5)1(6)7/h14-15H,3-13H2,1-2H3;(H,6,7)/t15-,16-;/m1./s1. The maximum Gasteiger partial charge on any atom is 0.490 e. The van der Waals surface area contributed by atoms with E-state index in [4.69, 9.17) is 14.6 Å². The molecular weight excluding hydrogens is 413 g/mol. The van der Waals surface area contributed by atoms with Gasteiger partial charge in [0, 0.05) is 51.2 Å². The second-order valence-corrected chi connectivity index (χ2v) is 10.4. The largest absolute Gasteiger partial charge is 0.490 e. The number of ether oxygens (including phenoxy) is 1. The summed E-state index contributed by atoms with van der Waals surface area (Å²) in [6, 6.07) is 0. The molecule has 0 unspecified atom stereocenters. The predicted molar refractivity (Wildman–Crippen MR) is 101 cm³/mol. The van der Waals surface area contributed by atoms with Crippen molar-refractivity contribution >= 4 is 16.0 Å². The lowest BCUT2D eigenvalue weighted by Crippen LogP contribution is -2.38. The lowest BCUT2D eigenvalue weighted by atomic mass is 9.78. The van der Waals surface area contributed by atoms with Gasteiger partial charge in [0.05, 0.1) is 12.4 Å². The maximum atomic E-state index is 12.4. The van der Waals surface area contributed by atoms with E-state index in [2.05, 4.69) is 4.90 Å². The average molecular weight is 445 g/mol. The SMILES string of the molecule is CCCS(=O)(=O)N1CC[C@@]2(CN(CC3CC3)C[C@@H]2COC)C1.O=C(O)C(F)(F)F. The molecule has 1 spiro atoms. The molecule has 2 aliphatic heterocycles. The van der Waals surface area contributed by atoms with Crippen molar-refractivity contribution in [3.63, 3.8) is 0 Å². The van der Waals surface area contributed by atoms with Gasteiger partial charge in [0.2, 0.25) is 10.0 Å². The van der Waals surface area contributed by atoms with E-state index in [9.17, 15) is 21.6 Å². The molecule has 170 valence electrons. The Morgan fingerprint density at radius 2 is 1.90 bits per heavy atom. The lowest BCUT2D eigenvalue weighted by molar-refractivity contribution is -0.192. The van der Waals surface area contributed by atoms with Gasteiger partial charge in [-0.05, 0) is 31.6 Å². The van der Waals surface area contributed by atoms with Crippen LogP contribution < -0.4 is 0 Å². The van der Waals surface area contributed by atoms with Crippen LogP contribution in [0.3, 0.4) is 0 Å². The van der Waals surface area contributed by atoms with Crippen molar-refractivity contribution < 1.29 is 36.2 Å². The fourth-order valence-electron chi connectivity index (χ4n) is 4.32. The van der Waals surface area contributed by atoms with Crippen LogP contribution in [0.25, 0.3) is 0 Å². The Morgan fingerprint density at radius 3 is 2.38 bits per heavy atom. The molecule has 1 N–H and O–H groups in total. The summed E-state index contributed by atoms with van der Waals surface area (Å²) in [5.41, 5.74) is 0.117. The Labute approximate surface area is 170 Å². The molecule has 11 heteroatoms. The summed E-state index contributed by atoms with van der Waals surface area (Å²) in [6.07, 6.45) is -0.656. The van der Waals surface area contributed by atoms with E-state index in [1.165, 1.54) is 19.4 Å². The van der Waals surface area contributed by atoms with E-state index in [1.54, 1.807) is 11.4 Å². The molecule has 29 heavy (non-hydrogen) atoms. The van der Waals surface area contributed by atoms with Gasteiger partial charge in [-0.15, -0.1) is 0 Å². The third-order valence-corrected chi connectivity index (χ3v) is 7.94. The molecule has 3 fully saturated rings. The molecule has 1 aliphatic carbocycles. The van der Waals surface area contributed by atoms with E-state index in [-0.39, 0.29) is 11.2 Å². The smallest absolute Gasteiger partial charge is 0.475 e. The number of alkyl halides is 3. The molecule has 0 aromatic carbocycles. The summed E-state index contributed by atoms with van der Waals surface area (Å²) in [7, 11) is -1.30. The molecule has 3 rings (SSSR count). The first kappa shape index (κ1) is 24.4. The molecule has 2 saturated heterocycles. The molecular formula is C18H31F3N2O5S. The number of sulfonamides is 1. The van der Waals surface area contributed by atoms with Gasteiger partial charge in [-0.3, -0.25) is 0 Å². The number of nitrogens with zero attached hydrogens (tertiary/aromatic N) is 2. The van der Waals surface area contributed by atoms with Crippen molar-refractivity contribution in [2.75, 3.05) is 52.2 Å². The number of carboxylic acids is 1. The zero-order chi connectivity index (χ0) is 21.9. The third kappa shape index (κ3) is 6.53. The summed E-state index contributed by atoms with van der Waals surface area (Å²) in [4.78, 5) is 11.5. The third-order valence-electron chi connectivity index (χ3n) is 5.91. The zero-order valence-electron chi connectivity index (χ0n) is 16.9. The molecule has 1 saturated carbocycles. The molecule has 0 bridgehead atoms. The Hall–Kier alpha value is -0.910. The number of rotatable bonds is 7. The number of hydrogen-bond acceptors (Lipinski definition) is 5. The van der Waals surface area contributed by atoms with Gasteiger partial charge in [-0.25, -0.2) is 17.5 Å². The number of hydrogen-bond donors (Lipinski definition) is 1. The fraction of sp³-hybridized carbons (Fsp3) is 0.944. The van der Waals surface area contributed by atoms with Crippen molar-refractivity contribution in [2.24, 2.45) is 17.3 Å². The summed E-state index contributed by atoms with van der Waals surface area (Å²) in [5, 5.41) is 7.12. The Morgan fingerprint density at radius 1 is 1.28 bits per heavy atom. The molecule has 0 aromatic heterocycles. The zero-order valence-corrected chi connectivity index (χ0v) is 17.8. The normalized spacial score (nSPS) is 28.5. The van der Waals surface area contributed by atoms with Crippen LogP contribution in [0.5, 0.6) is 0 Å². The number of carboxylic acid groups (broad SMARTS) is 1. The van der Waals surface area contributed by atoms with Crippen molar-refractivity contribution in [1.29, 1.82) is 0 Å². The number of methoxy groups -OCH3 is 1. The van der Waals surface area contributed by atoms with Crippen LogP contribution in [-0.2, 0) is 19.6 Å². The number of carbonyl (C=O) groups is 1. The van der Waals surface area contributed by atoms with Gasteiger partial charge < -0.3 is 14.7 Å². The minimum absolute atomic E-state index is 0.117. The van der Waals surface area contributed by atoms with E-state index in [0.29, 0.717) is 25.4 Å². The van der Waals surface area contributed by atoms with E-state index in [0.717, 1.165) is 32.0 Å². The van der Waals surface area contributed by atoms with Crippen LogP contribution in [0, 0.1) is 17.3 Å². The molecule has 7 nitrogen and oxygen atoms in total. The highest BCUT2D eigenvalue weighted by Gasteiger charge is 2.52. The van der Waals surface area contributed by atoms with Crippen LogP contribution in [0.15, 0.2) is 0 Å². The predicted octanol–water partition coefficient (Wildman–Crippen LogP) is 2.04. The summed E-state index contributed by atoms with van der Waals surface area (Å²) in [5.74, 6) is -1.12. The molecule has 3 aliphatic rings. The fourth-order valence-corrected chi connectivity index (χ4v) is 5.92. The van der Waals surface area contributed by atoms with Crippen molar-refractivity contribution in [1.82, 2.24) is 9.21 Å². The highest BCUT2D eigenvalue weighted by molar-refractivity contribution is 7.89. The first-order valence-electron chi connectivity index (χ1n) is 9.93. The van der Waals surface area contributed by atoms with Crippen molar-refractivity contribution in [2.45, 2.75) is 38.8 Å². The number of aliphatic carboxylic acids is 1. The molecule has 2 heterocycles. The second-order valence-electron chi connectivity index (χ2n) is 8.35. The number of halogens is 3. The second kappa shape index (κ2) is 9.49. The topological polar surface area (TPSA) is 87.2 Å². The monoisotopic (exact) mass is 444 g/mol. The van der Waals surface area contributed by atoms with Crippen molar-refractivity contribution in [3.05, 3.63) is 0 Å². The van der Waals surface area contributed by atoms with Gasteiger partial charge in [0.1, 0.15) is 0 Å². The quantitative estimate of drug-likeness (QED) is 0.647. The molecule has 0 amide bonds. The average Bonchev–Trinajstić information content (AvgIpc) is 3.20. The molecule has 2 atom stereocenters. The Balaban J connectivity index is 0.000000370. The first-order valence-corrected chi connectivity index (χ1v) is 11.5. The van der Waals surface area contributed by atoms with Crippen molar-refractivity contribution in [3.8, 4) is 0 Å². The molecule has 0 aromatic rings. The highest BCUT2D eigenvalue weighted by Crippen LogP contribution is 2.46. The summed E-state index contributed by atoms with van der Waals surface area (Å²) in [6.45, 7) is 7.41. The van der Waals surface area contributed by atoms with Gasteiger partial charge in [0.15, 0.2) is 0 Å². The Bertz CT molecular complexity index is 669. The van der Waals surface area contributed by atoms with Crippen LogP contribution in [0.4, 0.5) is 13.2 Å². The van der Waals surface area contributed by atoms with Gasteiger partial charge >= 0.3 is 12.1 Å². The summed E-state index contributed by atoms with van der Waals surface area (Å²) >= 11 is 0. The Kier molecular flexibility index (Phi) is 7.97. The van der Waals surface area contributed by atoms with E-state index in [1.807, 2.05) is 6.92 Å². The summed E-state index contributed by atoms with van der Waals surface area (Å²) < 4.78 is 63.7. The van der Waals surface area contributed by atoms with Gasteiger partial charge in [-0.1, -0.05) is 6.92 Å². The van der Waals surface area contributed by atoms with Crippen LogP contribution in [0.2, 0.25) is 0 Å². The van der Waals surface area contributed by atoms with Crippen LogP contribution in [0.1, 0.15) is 32.6 Å². The number of likely N-dealkylation sites (tertiary alicyclic amines) is 1. The van der Waals surface area contributed by atoms with Gasteiger partial charge in [-0.2, -0.15) is 13.2 Å². The van der Waals surface area contributed by atoms with Crippen LogP contribution in [-0.4, -0.2) is 87.1 Å². The van der Waals surface area contributed by atoms with Gasteiger partial charge in [0.25, 0.3) is 0 Å². The first-order chi connectivity index (χ1) is 13.4. The minimum atomic E-state index is -5.08. The highest BCUT2D eigenvalue weighted by atomic mass is 32.2. The van der Waals surface area contributed by atoms with E-state index < -0.39 is 22.2 Å². The van der Waals surface area contributed by atoms with Crippen LogP contribution >= 0.6 is 0 Å². The van der Waals surface area contributed by atoms with E-state index >= 15 is 0 Å². The minimum Gasteiger partial charge on any atom is -0.475 e. The maximum absolute atomic E-state index is 12.4.